The van der Waals surface area contributed by atoms with E-state index in [1.54, 1.807) is 11.8 Å². The molecule has 5 heteroatoms. The van der Waals surface area contributed by atoms with Gasteiger partial charge >= 0.3 is 0 Å². The van der Waals surface area contributed by atoms with E-state index >= 15 is 0 Å². The standard InChI is InChI=1S/C13H20N2O3/c1-10-8-11(15(2)14-10)9-12(16)13(17-3)4-6-18-7-5-13/h8H,4-7,9H2,1-3H3. The fourth-order valence-corrected chi connectivity index (χ4v) is 2.45. The Morgan fingerprint density at radius 1 is 1.56 bits per heavy atom. The minimum atomic E-state index is -0.670. The number of carbonyl (C=O) groups excluding carboxylic acids is 1. The van der Waals surface area contributed by atoms with E-state index < -0.39 is 5.60 Å². The van der Waals surface area contributed by atoms with Crippen molar-refractivity contribution in [3.05, 3.63) is 17.5 Å². The number of ether oxygens (including phenoxy) is 2. The summed E-state index contributed by atoms with van der Waals surface area (Å²) in [5.41, 5.74) is 1.19. The van der Waals surface area contributed by atoms with Gasteiger partial charge in [-0.1, -0.05) is 0 Å². The Labute approximate surface area is 107 Å². The molecule has 0 unspecified atom stereocenters. The Hall–Kier alpha value is -1.20. The van der Waals surface area contributed by atoms with Crippen molar-refractivity contribution in [2.45, 2.75) is 31.8 Å². The van der Waals surface area contributed by atoms with Crippen molar-refractivity contribution in [3.8, 4) is 0 Å². The van der Waals surface area contributed by atoms with Crippen molar-refractivity contribution in [3.63, 3.8) is 0 Å². The van der Waals surface area contributed by atoms with Crippen LogP contribution in [0.2, 0.25) is 0 Å². The van der Waals surface area contributed by atoms with Crippen LogP contribution in [0, 0.1) is 6.92 Å². The minimum Gasteiger partial charge on any atom is -0.381 e. The van der Waals surface area contributed by atoms with Gasteiger partial charge in [0.2, 0.25) is 0 Å². The van der Waals surface area contributed by atoms with Crippen molar-refractivity contribution in [1.29, 1.82) is 0 Å². The SMILES string of the molecule is COC1(C(=O)Cc2cc(C)nn2C)CCOCC1. The summed E-state index contributed by atoms with van der Waals surface area (Å²) < 4.78 is 12.6. The predicted molar refractivity (Wildman–Crippen MR) is 66.4 cm³/mol. The third kappa shape index (κ3) is 2.47. The molecule has 0 bridgehead atoms. The van der Waals surface area contributed by atoms with E-state index in [1.165, 1.54) is 0 Å². The molecule has 1 aromatic rings. The van der Waals surface area contributed by atoms with Gasteiger partial charge in [0.05, 0.1) is 12.1 Å². The number of hydrogen-bond donors (Lipinski definition) is 0. The highest BCUT2D eigenvalue weighted by Crippen LogP contribution is 2.27. The van der Waals surface area contributed by atoms with E-state index in [-0.39, 0.29) is 5.78 Å². The zero-order valence-corrected chi connectivity index (χ0v) is 11.2. The number of aromatic nitrogens is 2. The van der Waals surface area contributed by atoms with Gasteiger partial charge in [0.1, 0.15) is 5.60 Å². The van der Waals surface area contributed by atoms with Crippen molar-refractivity contribution in [2.24, 2.45) is 7.05 Å². The van der Waals surface area contributed by atoms with Crippen LogP contribution in [0.5, 0.6) is 0 Å². The molecule has 0 amide bonds. The van der Waals surface area contributed by atoms with E-state index in [2.05, 4.69) is 5.10 Å². The van der Waals surface area contributed by atoms with Gasteiger partial charge in [-0.25, -0.2) is 0 Å². The summed E-state index contributed by atoms with van der Waals surface area (Å²) in [6.45, 7) is 3.10. The van der Waals surface area contributed by atoms with Crippen molar-refractivity contribution in [1.82, 2.24) is 9.78 Å². The molecule has 1 fully saturated rings. The number of aryl methyl sites for hydroxylation is 2. The minimum absolute atomic E-state index is 0.122. The van der Waals surface area contributed by atoms with E-state index in [9.17, 15) is 4.79 Å². The molecule has 1 aliphatic heterocycles. The lowest BCUT2D eigenvalue weighted by atomic mass is 9.87. The van der Waals surface area contributed by atoms with Crippen molar-refractivity contribution < 1.29 is 14.3 Å². The van der Waals surface area contributed by atoms with E-state index in [0.29, 0.717) is 32.5 Å². The molecular weight excluding hydrogens is 232 g/mol. The second kappa shape index (κ2) is 5.20. The summed E-state index contributed by atoms with van der Waals surface area (Å²) in [5, 5.41) is 4.26. The molecule has 1 aromatic heterocycles. The van der Waals surface area contributed by atoms with Crippen molar-refractivity contribution >= 4 is 5.78 Å². The first-order valence-corrected chi connectivity index (χ1v) is 6.23. The van der Waals surface area contributed by atoms with Crippen LogP contribution in [0.15, 0.2) is 6.07 Å². The lowest BCUT2D eigenvalue weighted by Gasteiger charge is -2.34. The molecule has 0 spiro atoms. The summed E-state index contributed by atoms with van der Waals surface area (Å²) in [7, 11) is 3.47. The fourth-order valence-electron chi connectivity index (χ4n) is 2.45. The molecule has 1 aliphatic rings. The molecule has 0 N–H and O–H groups in total. The molecule has 0 aromatic carbocycles. The van der Waals surface area contributed by atoms with Gasteiger partial charge < -0.3 is 9.47 Å². The maximum atomic E-state index is 12.5. The number of nitrogens with zero attached hydrogens (tertiary/aromatic N) is 2. The lowest BCUT2D eigenvalue weighted by Crippen LogP contribution is -2.46. The van der Waals surface area contributed by atoms with Crippen molar-refractivity contribution in [2.75, 3.05) is 20.3 Å². The highest BCUT2D eigenvalue weighted by atomic mass is 16.5. The number of carbonyl (C=O) groups is 1. The monoisotopic (exact) mass is 252 g/mol. The van der Waals surface area contributed by atoms with E-state index in [4.69, 9.17) is 9.47 Å². The van der Waals surface area contributed by atoms with E-state index in [0.717, 1.165) is 11.4 Å². The Balaban J connectivity index is 2.12. The Morgan fingerprint density at radius 3 is 2.72 bits per heavy atom. The normalized spacial score (nSPS) is 18.8. The van der Waals surface area contributed by atoms with Crippen LogP contribution >= 0.6 is 0 Å². The molecule has 1 saturated heterocycles. The number of ketones is 1. The summed E-state index contributed by atoms with van der Waals surface area (Å²) in [4.78, 5) is 12.5. The highest BCUT2D eigenvalue weighted by Gasteiger charge is 2.39. The Bertz CT molecular complexity index is 433. The van der Waals surface area contributed by atoms with Crippen LogP contribution < -0.4 is 0 Å². The average Bonchev–Trinajstić information content (AvgIpc) is 2.68. The number of methoxy groups -OCH3 is 1. The molecule has 0 saturated carbocycles. The van der Waals surface area contributed by atoms with Gasteiger partial charge in [-0.15, -0.1) is 0 Å². The van der Waals surface area contributed by atoms with Crippen LogP contribution in [0.3, 0.4) is 0 Å². The third-order valence-electron chi connectivity index (χ3n) is 3.64. The molecule has 18 heavy (non-hydrogen) atoms. The molecule has 0 radical (unpaired) electrons. The fraction of sp³-hybridized carbons (Fsp3) is 0.692. The van der Waals surface area contributed by atoms with Gasteiger partial charge in [0, 0.05) is 45.9 Å². The largest absolute Gasteiger partial charge is 0.381 e. The molecular formula is C13H20N2O3. The van der Waals surface area contributed by atoms with Gasteiger partial charge in [0.25, 0.3) is 0 Å². The summed E-state index contributed by atoms with van der Waals surface area (Å²) in [5.74, 6) is 0.122. The van der Waals surface area contributed by atoms with Gasteiger partial charge in [-0.05, 0) is 13.0 Å². The first kappa shape index (κ1) is 13.2. The maximum absolute atomic E-state index is 12.5. The summed E-state index contributed by atoms with van der Waals surface area (Å²) in [6, 6.07) is 1.95. The highest BCUT2D eigenvalue weighted by molar-refractivity contribution is 5.89. The predicted octanol–water partition coefficient (Wildman–Crippen LogP) is 1.04. The van der Waals surface area contributed by atoms with Crippen LogP contribution in [-0.4, -0.2) is 41.5 Å². The Kier molecular flexibility index (Phi) is 3.82. The van der Waals surface area contributed by atoms with Crippen LogP contribution in [0.4, 0.5) is 0 Å². The quantitative estimate of drug-likeness (QED) is 0.803. The molecule has 2 heterocycles. The maximum Gasteiger partial charge on any atom is 0.170 e. The summed E-state index contributed by atoms with van der Waals surface area (Å²) >= 11 is 0. The first-order chi connectivity index (χ1) is 8.57. The molecule has 0 aliphatic carbocycles. The molecule has 0 atom stereocenters. The molecule has 100 valence electrons. The number of rotatable bonds is 4. The summed E-state index contributed by atoms with van der Waals surface area (Å²) in [6.07, 6.45) is 1.64. The smallest absolute Gasteiger partial charge is 0.170 e. The van der Waals surface area contributed by atoms with Gasteiger partial charge in [-0.3, -0.25) is 9.48 Å². The van der Waals surface area contributed by atoms with Gasteiger partial charge in [-0.2, -0.15) is 5.10 Å². The van der Waals surface area contributed by atoms with Crippen LogP contribution in [0.1, 0.15) is 24.2 Å². The number of hydrogen-bond acceptors (Lipinski definition) is 4. The molecule has 2 rings (SSSR count). The lowest BCUT2D eigenvalue weighted by molar-refractivity contribution is -0.152. The zero-order valence-electron chi connectivity index (χ0n) is 11.2. The zero-order chi connectivity index (χ0) is 13.2. The second-order valence-corrected chi connectivity index (χ2v) is 4.81. The Morgan fingerprint density at radius 2 is 2.22 bits per heavy atom. The number of Topliss-reactive ketones (excluding diaryl/α,β-unsaturated/α-hetero) is 1. The second-order valence-electron chi connectivity index (χ2n) is 4.81. The molecule has 5 nitrogen and oxygen atoms in total. The average molecular weight is 252 g/mol. The van der Waals surface area contributed by atoms with Crippen LogP contribution in [-0.2, 0) is 27.7 Å². The van der Waals surface area contributed by atoms with Gasteiger partial charge in [0.15, 0.2) is 5.78 Å². The topological polar surface area (TPSA) is 53.3 Å². The van der Waals surface area contributed by atoms with Crippen LogP contribution in [0.25, 0.3) is 0 Å². The third-order valence-corrected chi connectivity index (χ3v) is 3.64. The van der Waals surface area contributed by atoms with E-state index in [1.807, 2.05) is 20.0 Å². The first-order valence-electron chi connectivity index (χ1n) is 6.23.